The molecule has 4 nitrogen and oxygen atoms in total. The number of guanidine groups is 1. The number of alkyl halides is 3. The maximum Gasteiger partial charge on any atom is 0.416 e. The molecule has 0 aliphatic carbocycles. The third-order valence-electron chi connectivity index (χ3n) is 3.06. The standard InChI is InChI=1S/C15H15F4N3O.HI/c1-20-14(22-9-12-3-2-6-23-12)21-8-10-4-5-11(16)7-13(10)15(17,18)19;/h2-7H,8-9H2,1H3,(H2,20,21,22);1H. The Kier molecular flexibility index (Phi) is 7.52. The van der Waals surface area contributed by atoms with Crippen molar-refractivity contribution in [1.29, 1.82) is 0 Å². The first kappa shape index (κ1) is 20.3. The molecule has 0 amide bonds. The molecule has 0 saturated heterocycles. The summed E-state index contributed by atoms with van der Waals surface area (Å²) in [5, 5.41) is 5.66. The van der Waals surface area contributed by atoms with Gasteiger partial charge >= 0.3 is 6.18 Å². The lowest BCUT2D eigenvalue weighted by Gasteiger charge is -2.15. The van der Waals surface area contributed by atoms with Crippen LogP contribution in [0.15, 0.2) is 46.0 Å². The fourth-order valence-electron chi connectivity index (χ4n) is 1.95. The first-order chi connectivity index (χ1) is 10.9. The molecule has 2 rings (SSSR count). The van der Waals surface area contributed by atoms with Gasteiger partial charge in [0, 0.05) is 13.6 Å². The summed E-state index contributed by atoms with van der Waals surface area (Å²) < 4.78 is 56.9. The van der Waals surface area contributed by atoms with Gasteiger partial charge in [-0.1, -0.05) is 6.07 Å². The molecule has 24 heavy (non-hydrogen) atoms. The van der Waals surface area contributed by atoms with Gasteiger partial charge in [-0.15, -0.1) is 24.0 Å². The monoisotopic (exact) mass is 457 g/mol. The van der Waals surface area contributed by atoms with Crippen molar-refractivity contribution in [3.8, 4) is 0 Å². The van der Waals surface area contributed by atoms with Gasteiger partial charge in [0.1, 0.15) is 11.6 Å². The first-order valence-electron chi connectivity index (χ1n) is 6.72. The van der Waals surface area contributed by atoms with Crippen LogP contribution in [0.5, 0.6) is 0 Å². The van der Waals surface area contributed by atoms with E-state index in [2.05, 4.69) is 15.6 Å². The van der Waals surface area contributed by atoms with Crippen LogP contribution in [0.4, 0.5) is 17.6 Å². The van der Waals surface area contributed by atoms with Gasteiger partial charge in [0.05, 0.1) is 18.4 Å². The van der Waals surface area contributed by atoms with Crippen molar-refractivity contribution in [3.05, 3.63) is 59.3 Å². The van der Waals surface area contributed by atoms with E-state index in [9.17, 15) is 17.6 Å². The van der Waals surface area contributed by atoms with Gasteiger partial charge in [-0.3, -0.25) is 4.99 Å². The van der Waals surface area contributed by atoms with Gasteiger partial charge in [0.15, 0.2) is 5.96 Å². The van der Waals surface area contributed by atoms with Crippen molar-refractivity contribution in [1.82, 2.24) is 10.6 Å². The van der Waals surface area contributed by atoms with Crippen LogP contribution in [0.2, 0.25) is 0 Å². The van der Waals surface area contributed by atoms with Gasteiger partial charge in [-0.2, -0.15) is 13.2 Å². The Balaban J connectivity index is 0.00000288. The molecule has 0 aliphatic heterocycles. The van der Waals surface area contributed by atoms with Crippen molar-refractivity contribution in [2.75, 3.05) is 7.05 Å². The molecule has 2 aromatic rings. The van der Waals surface area contributed by atoms with E-state index in [0.717, 1.165) is 12.1 Å². The fourth-order valence-corrected chi connectivity index (χ4v) is 1.95. The normalized spacial score (nSPS) is 11.8. The van der Waals surface area contributed by atoms with Crippen LogP contribution in [0.1, 0.15) is 16.9 Å². The maximum absolute atomic E-state index is 13.1. The van der Waals surface area contributed by atoms with Crippen LogP contribution in [0.25, 0.3) is 0 Å². The quantitative estimate of drug-likeness (QED) is 0.317. The maximum atomic E-state index is 13.1. The number of aliphatic imine (C=N–C) groups is 1. The molecule has 1 aromatic heterocycles. The van der Waals surface area contributed by atoms with E-state index < -0.39 is 17.6 Å². The Morgan fingerprint density at radius 2 is 1.88 bits per heavy atom. The average Bonchev–Trinajstić information content (AvgIpc) is 3.01. The van der Waals surface area contributed by atoms with Crippen LogP contribution < -0.4 is 10.6 Å². The molecule has 0 aliphatic rings. The average molecular weight is 457 g/mol. The van der Waals surface area contributed by atoms with Crippen molar-refractivity contribution in [2.45, 2.75) is 19.3 Å². The number of nitrogens with zero attached hydrogens (tertiary/aromatic N) is 1. The fraction of sp³-hybridized carbons (Fsp3) is 0.267. The second-order valence-electron chi connectivity index (χ2n) is 4.66. The lowest BCUT2D eigenvalue weighted by Crippen LogP contribution is -2.36. The molecule has 0 saturated carbocycles. The van der Waals surface area contributed by atoms with Crippen molar-refractivity contribution in [2.24, 2.45) is 4.99 Å². The highest BCUT2D eigenvalue weighted by atomic mass is 127. The van der Waals surface area contributed by atoms with Crippen LogP contribution >= 0.6 is 24.0 Å². The predicted octanol–water partition coefficient (Wildman–Crippen LogP) is 3.92. The Bertz CT molecular complexity index is 672. The third kappa shape index (κ3) is 5.69. The first-order valence-corrected chi connectivity index (χ1v) is 6.72. The Labute approximate surface area is 153 Å². The summed E-state index contributed by atoms with van der Waals surface area (Å²) in [6.45, 7) is 0.190. The number of benzene rings is 1. The number of hydrogen-bond donors (Lipinski definition) is 2. The zero-order chi connectivity index (χ0) is 16.9. The Morgan fingerprint density at radius 1 is 1.17 bits per heavy atom. The molecule has 0 fully saturated rings. The predicted molar refractivity (Wildman–Crippen MR) is 92.6 cm³/mol. The zero-order valence-corrected chi connectivity index (χ0v) is 15.0. The molecule has 0 bridgehead atoms. The number of hydrogen-bond acceptors (Lipinski definition) is 2. The summed E-state index contributed by atoms with van der Waals surface area (Å²) in [5.74, 6) is 0.0333. The minimum Gasteiger partial charge on any atom is -0.467 e. The highest BCUT2D eigenvalue weighted by Gasteiger charge is 2.33. The summed E-state index contributed by atoms with van der Waals surface area (Å²) in [6.07, 6.45) is -3.11. The molecular formula is C15H16F4IN3O. The minimum absolute atomic E-state index is 0. The SMILES string of the molecule is CN=C(NCc1ccco1)NCc1ccc(F)cc1C(F)(F)F.I. The lowest BCUT2D eigenvalue weighted by atomic mass is 10.1. The summed E-state index contributed by atoms with van der Waals surface area (Å²) in [7, 11) is 1.49. The van der Waals surface area contributed by atoms with Crippen LogP contribution in [0.3, 0.4) is 0 Å². The largest absolute Gasteiger partial charge is 0.467 e. The van der Waals surface area contributed by atoms with Crippen LogP contribution in [-0.2, 0) is 19.3 Å². The van der Waals surface area contributed by atoms with Crippen molar-refractivity contribution in [3.63, 3.8) is 0 Å². The van der Waals surface area contributed by atoms with E-state index in [0.29, 0.717) is 24.3 Å². The van der Waals surface area contributed by atoms with E-state index in [1.54, 1.807) is 12.1 Å². The molecule has 0 unspecified atom stereocenters. The number of nitrogens with one attached hydrogen (secondary N) is 2. The van der Waals surface area contributed by atoms with E-state index in [1.807, 2.05) is 0 Å². The molecule has 132 valence electrons. The molecular weight excluding hydrogens is 441 g/mol. The highest BCUT2D eigenvalue weighted by Crippen LogP contribution is 2.32. The van der Waals surface area contributed by atoms with E-state index in [-0.39, 0.29) is 36.1 Å². The van der Waals surface area contributed by atoms with E-state index in [1.165, 1.54) is 13.3 Å². The van der Waals surface area contributed by atoms with Gasteiger partial charge in [-0.05, 0) is 29.8 Å². The number of rotatable bonds is 4. The second kappa shape index (κ2) is 8.90. The topological polar surface area (TPSA) is 49.6 Å². The zero-order valence-electron chi connectivity index (χ0n) is 12.7. The minimum atomic E-state index is -4.62. The summed E-state index contributed by atoms with van der Waals surface area (Å²) in [6, 6.07) is 6.05. The molecule has 0 radical (unpaired) electrons. The summed E-state index contributed by atoms with van der Waals surface area (Å²) >= 11 is 0. The molecule has 1 aromatic carbocycles. The van der Waals surface area contributed by atoms with E-state index in [4.69, 9.17) is 4.42 Å². The molecule has 1 heterocycles. The van der Waals surface area contributed by atoms with Crippen molar-refractivity contribution < 1.29 is 22.0 Å². The summed E-state index contributed by atoms with van der Waals surface area (Å²) in [5.41, 5.74) is -1.08. The van der Waals surface area contributed by atoms with Gasteiger partial charge < -0.3 is 15.1 Å². The Morgan fingerprint density at radius 3 is 2.46 bits per heavy atom. The number of halogens is 5. The molecule has 9 heteroatoms. The van der Waals surface area contributed by atoms with Crippen LogP contribution in [0, 0.1) is 5.82 Å². The summed E-state index contributed by atoms with van der Waals surface area (Å²) in [4.78, 5) is 3.91. The third-order valence-corrected chi connectivity index (χ3v) is 3.06. The van der Waals surface area contributed by atoms with Gasteiger partial charge in [0.2, 0.25) is 0 Å². The lowest BCUT2D eigenvalue weighted by molar-refractivity contribution is -0.138. The van der Waals surface area contributed by atoms with Gasteiger partial charge in [-0.25, -0.2) is 4.39 Å². The van der Waals surface area contributed by atoms with E-state index >= 15 is 0 Å². The molecule has 0 atom stereocenters. The van der Waals surface area contributed by atoms with Crippen molar-refractivity contribution >= 4 is 29.9 Å². The molecule has 2 N–H and O–H groups in total. The number of furan rings is 1. The van der Waals surface area contributed by atoms with Gasteiger partial charge in [0.25, 0.3) is 0 Å². The second-order valence-corrected chi connectivity index (χ2v) is 4.66. The highest BCUT2D eigenvalue weighted by molar-refractivity contribution is 14.0. The molecule has 0 spiro atoms. The Hall–Kier alpha value is -1.78. The smallest absolute Gasteiger partial charge is 0.416 e. The van der Waals surface area contributed by atoms with Crippen LogP contribution in [-0.4, -0.2) is 13.0 Å².